The zero-order valence-corrected chi connectivity index (χ0v) is 11.9. The highest BCUT2D eigenvalue weighted by atomic mass is 79.9. The monoisotopic (exact) mass is 308 g/mol. The van der Waals surface area contributed by atoms with Crippen LogP contribution in [0.15, 0.2) is 18.2 Å². The molecule has 1 rings (SSSR count). The van der Waals surface area contributed by atoms with Crippen molar-refractivity contribution in [2.24, 2.45) is 0 Å². The van der Waals surface area contributed by atoms with Crippen LogP contribution in [0.25, 0.3) is 0 Å². The Labute approximate surface area is 110 Å². The molecule has 3 heteroatoms. The van der Waals surface area contributed by atoms with Crippen LogP contribution in [-0.2, 0) is 6.42 Å². The molecule has 0 aliphatic carbocycles. The zero-order valence-electron chi connectivity index (χ0n) is 8.77. The molecule has 1 aromatic carbocycles. The molecule has 0 spiro atoms. The van der Waals surface area contributed by atoms with E-state index in [0.29, 0.717) is 14.9 Å². The van der Waals surface area contributed by atoms with E-state index in [4.69, 9.17) is 23.2 Å². The fourth-order valence-electron chi connectivity index (χ4n) is 1.43. The summed E-state index contributed by atoms with van der Waals surface area (Å²) in [5.41, 5.74) is 1.26. The molecule has 0 N–H and O–H groups in total. The minimum Gasteiger partial charge on any atom is -0.0891 e. The second-order valence-electron chi connectivity index (χ2n) is 3.65. The predicted molar refractivity (Wildman–Crippen MR) is 72.4 cm³/mol. The van der Waals surface area contributed by atoms with Gasteiger partial charge >= 0.3 is 0 Å². The average Bonchev–Trinajstić information content (AvgIpc) is 2.23. The topological polar surface area (TPSA) is 0 Å². The Morgan fingerprint density at radius 1 is 1.27 bits per heavy atom. The van der Waals surface area contributed by atoms with Gasteiger partial charge in [0.25, 0.3) is 0 Å². The van der Waals surface area contributed by atoms with Gasteiger partial charge in [0, 0.05) is 4.83 Å². The second-order valence-corrected chi connectivity index (χ2v) is 5.76. The number of hydrogen-bond acceptors (Lipinski definition) is 0. The van der Waals surface area contributed by atoms with Gasteiger partial charge in [-0.05, 0) is 43.4 Å². The summed E-state index contributed by atoms with van der Waals surface area (Å²) >= 11 is 15.4. The van der Waals surface area contributed by atoms with Crippen LogP contribution in [0.1, 0.15) is 31.7 Å². The van der Waals surface area contributed by atoms with Gasteiger partial charge in [0.15, 0.2) is 0 Å². The molecule has 0 amide bonds. The lowest BCUT2D eigenvalue weighted by Gasteiger charge is -2.06. The predicted octanol–water partition coefficient (Wildman–Crippen LogP) is 5.49. The van der Waals surface area contributed by atoms with E-state index in [1.165, 1.54) is 24.8 Å². The highest BCUT2D eigenvalue weighted by Gasteiger charge is 2.02. The molecule has 0 saturated heterocycles. The molecule has 84 valence electrons. The summed E-state index contributed by atoms with van der Waals surface area (Å²) in [6, 6.07) is 5.87. The first-order valence-electron chi connectivity index (χ1n) is 5.21. The van der Waals surface area contributed by atoms with Gasteiger partial charge in [-0.1, -0.05) is 52.1 Å². The van der Waals surface area contributed by atoms with Crippen molar-refractivity contribution >= 4 is 39.1 Å². The molecule has 0 aliphatic rings. The van der Waals surface area contributed by atoms with Crippen LogP contribution in [0.2, 0.25) is 10.0 Å². The minimum atomic E-state index is 0.632. The first-order chi connectivity index (χ1) is 7.13. The van der Waals surface area contributed by atoms with Crippen molar-refractivity contribution in [1.29, 1.82) is 0 Å². The summed E-state index contributed by atoms with van der Waals surface area (Å²) in [7, 11) is 0. The molecule has 0 aliphatic heterocycles. The van der Waals surface area contributed by atoms with Crippen molar-refractivity contribution in [1.82, 2.24) is 0 Å². The van der Waals surface area contributed by atoms with Gasteiger partial charge in [-0.2, -0.15) is 0 Å². The summed E-state index contributed by atoms with van der Waals surface area (Å²) in [4.78, 5) is 0.639. The van der Waals surface area contributed by atoms with E-state index in [1.807, 2.05) is 18.2 Å². The second kappa shape index (κ2) is 6.78. The Morgan fingerprint density at radius 2 is 2.00 bits per heavy atom. The van der Waals surface area contributed by atoms with Gasteiger partial charge in [0.1, 0.15) is 0 Å². The van der Waals surface area contributed by atoms with Crippen LogP contribution >= 0.6 is 39.1 Å². The van der Waals surface area contributed by atoms with Crippen molar-refractivity contribution < 1.29 is 0 Å². The van der Waals surface area contributed by atoms with Crippen molar-refractivity contribution in [2.75, 3.05) is 0 Å². The molecule has 0 bridgehead atoms. The van der Waals surface area contributed by atoms with Crippen molar-refractivity contribution in [2.45, 2.75) is 37.4 Å². The minimum absolute atomic E-state index is 0.632. The highest BCUT2D eigenvalue weighted by Crippen LogP contribution is 2.23. The van der Waals surface area contributed by atoms with Crippen LogP contribution in [0, 0.1) is 0 Å². The van der Waals surface area contributed by atoms with E-state index in [0.717, 1.165) is 6.42 Å². The summed E-state index contributed by atoms with van der Waals surface area (Å²) < 4.78 is 0. The molecule has 0 fully saturated rings. The quantitative estimate of drug-likeness (QED) is 0.631. The third kappa shape index (κ3) is 4.76. The Kier molecular flexibility index (Phi) is 6.03. The maximum atomic E-state index is 5.94. The van der Waals surface area contributed by atoms with E-state index in [2.05, 4.69) is 22.9 Å². The van der Waals surface area contributed by atoms with Crippen LogP contribution in [0.3, 0.4) is 0 Å². The van der Waals surface area contributed by atoms with Crippen LogP contribution in [-0.4, -0.2) is 4.83 Å². The number of aryl methyl sites for hydroxylation is 1. The molecule has 0 heterocycles. The Balaban J connectivity index is 2.41. The normalized spacial score (nSPS) is 12.8. The number of alkyl halides is 1. The Bertz CT molecular complexity index is 312. The smallest absolute Gasteiger partial charge is 0.0595 e. The number of rotatable bonds is 5. The number of hydrogen-bond donors (Lipinski definition) is 0. The lowest BCUT2D eigenvalue weighted by Crippen LogP contribution is -1.96. The molecule has 1 atom stereocenters. The lowest BCUT2D eigenvalue weighted by atomic mass is 10.1. The standard InChI is InChI=1S/C12H15BrCl2/c1-2-10(13)5-3-4-9-6-7-11(14)12(15)8-9/h6-8,10H,2-5H2,1H3. The van der Waals surface area contributed by atoms with Gasteiger partial charge in [-0.3, -0.25) is 0 Å². The molecule has 0 aromatic heterocycles. The highest BCUT2D eigenvalue weighted by molar-refractivity contribution is 9.09. The fourth-order valence-corrected chi connectivity index (χ4v) is 2.07. The van der Waals surface area contributed by atoms with E-state index in [9.17, 15) is 0 Å². The molecule has 0 saturated carbocycles. The lowest BCUT2D eigenvalue weighted by molar-refractivity contribution is 0.690. The van der Waals surface area contributed by atoms with Crippen LogP contribution < -0.4 is 0 Å². The first-order valence-corrected chi connectivity index (χ1v) is 6.88. The van der Waals surface area contributed by atoms with E-state index in [-0.39, 0.29) is 0 Å². The molecular weight excluding hydrogens is 295 g/mol. The van der Waals surface area contributed by atoms with Gasteiger partial charge in [0.2, 0.25) is 0 Å². The van der Waals surface area contributed by atoms with Crippen LogP contribution in [0.5, 0.6) is 0 Å². The summed E-state index contributed by atoms with van der Waals surface area (Å²) in [6.07, 6.45) is 4.64. The van der Waals surface area contributed by atoms with E-state index < -0.39 is 0 Å². The third-order valence-corrected chi connectivity index (χ3v) is 4.25. The van der Waals surface area contributed by atoms with Crippen molar-refractivity contribution in [3.8, 4) is 0 Å². The maximum absolute atomic E-state index is 5.94. The van der Waals surface area contributed by atoms with Gasteiger partial charge < -0.3 is 0 Å². The average molecular weight is 310 g/mol. The maximum Gasteiger partial charge on any atom is 0.0595 e. The fraction of sp³-hybridized carbons (Fsp3) is 0.500. The third-order valence-electron chi connectivity index (χ3n) is 2.41. The van der Waals surface area contributed by atoms with Crippen molar-refractivity contribution in [3.63, 3.8) is 0 Å². The van der Waals surface area contributed by atoms with Gasteiger partial charge in [0.05, 0.1) is 10.0 Å². The Hall–Kier alpha value is 0.280. The summed E-state index contributed by atoms with van der Waals surface area (Å²) in [5, 5.41) is 1.28. The van der Waals surface area contributed by atoms with Crippen molar-refractivity contribution in [3.05, 3.63) is 33.8 Å². The van der Waals surface area contributed by atoms with E-state index >= 15 is 0 Å². The molecule has 0 radical (unpaired) electrons. The Morgan fingerprint density at radius 3 is 2.60 bits per heavy atom. The molecular formula is C12H15BrCl2. The largest absolute Gasteiger partial charge is 0.0891 e. The molecule has 0 nitrogen and oxygen atoms in total. The van der Waals surface area contributed by atoms with Gasteiger partial charge in [-0.15, -0.1) is 0 Å². The summed E-state index contributed by atoms with van der Waals surface area (Å²) in [5.74, 6) is 0. The molecule has 15 heavy (non-hydrogen) atoms. The van der Waals surface area contributed by atoms with E-state index in [1.54, 1.807) is 0 Å². The molecule has 1 unspecified atom stereocenters. The van der Waals surface area contributed by atoms with Gasteiger partial charge in [-0.25, -0.2) is 0 Å². The van der Waals surface area contributed by atoms with Crippen LogP contribution in [0.4, 0.5) is 0 Å². The zero-order chi connectivity index (χ0) is 11.3. The number of benzene rings is 1. The number of halogens is 3. The first kappa shape index (κ1) is 13.3. The molecule has 1 aromatic rings. The summed E-state index contributed by atoms with van der Waals surface area (Å²) in [6.45, 7) is 2.19. The SMILES string of the molecule is CCC(Br)CCCc1ccc(Cl)c(Cl)c1.